The fraction of sp³-hybridized carbons (Fsp3) is 0.308. The number of ketones is 1. The zero-order chi connectivity index (χ0) is 14.1. The molecule has 0 aliphatic heterocycles. The molecule has 2 N–H and O–H groups in total. The van der Waals surface area contributed by atoms with Gasteiger partial charge < -0.3 is 10.2 Å². The molecule has 98 valence electrons. The molecule has 0 radical (unpaired) electrons. The van der Waals surface area contributed by atoms with E-state index in [4.69, 9.17) is 10.2 Å². The highest BCUT2D eigenvalue weighted by Gasteiger charge is 2.11. The largest absolute Gasteiger partial charge is 0.481 e. The van der Waals surface area contributed by atoms with E-state index >= 15 is 0 Å². The van der Waals surface area contributed by atoms with Crippen molar-refractivity contribution in [1.29, 1.82) is 0 Å². The molecule has 1 rings (SSSR count). The smallest absolute Gasteiger partial charge is 0.310 e. The summed E-state index contributed by atoms with van der Waals surface area (Å²) in [4.78, 5) is 30.0. The van der Waals surface area contributed by atoms with Gasteiger partial charge in [-0.2, -0.15) is 0 Å². The predicted octanol–water partition coefficient (Wildman–Crippen LogP) is 1.92. The molecule has 0 spiro atoms. The predicted molar refractivity (Wildman–Crippen MR) is 65.4 cm³/mol. The number of benzene rings is 1. The van der Waals surface area contributed by atoms with Crippen molar-refractivity contribution in [2.45, 2.75) is 26.2 Å². The topological polar surface area (TPSA) is 91.7 Å². The summed E-state index contributed by atoms with van der Waals surface area (Å²) in [5.41, 5.74) is 0.847. The summed E-state index contributed by atoms with van der Waals surface area (Å²) < 4.78 is 0. The molecule has 0 amide bonds. The number of Topliss-reactive ketones (excluding diaryl/α,β-unsaturated/α-hetero) is 1. The van der Waals surface area contributed by atoms with E-state index in [0.717, 1.165) is 5.56 Å². The normalized spacial score (nSPS) is 10.8. The van der Waals surface area contributed by atoms with Crippen molar-refractivity contribution in [3.63, 3.8) is 0 Å². The van der Waals surface area contributed by atoms with E-state index in [-0.39, 0.29) is 12.2 Å². The Hall–Kier alpha value is -2.17. The van der Waals surface area contributed by atoms with E-state index in [0.29, 0.717) is 0 Å². The Balaban J connectivity index is 0.000000360. The summed E-state index contributed by atoms with van der Waals surface area (Å²) in [6.45, 7) is 2.92. The van der Waals surface area contributed by atoms with Gasteiger partial charge in [0, 0.05) is 0 Å². The van der Waals surface area contributed by atoms with E-state index in [1.165, 1.54) is 6.92 Å². The molecule has 1 unspecified atom stereocenters. The maximum atomic E-state index is 10.5. The monoisotopic (exact) mass is 252 g/mol. The average Bonchev–Trinajstić information content (AvgIpc) is 2.28. The number of carbonyl (C=O) groups excluding carboxylic acids is 1. The highest BCUT2D eigenvalue weighted by molar-refractivity contribution is 5.93. The fourth-order valence-corrected chi connectivity index (χ4v) is 1.10. The minimum atomic E-state index is -1.06. The maximum absolute atomic E-state index is 10.5. The van der Waals surface area contributed by atoms with Crippen molar-refractivity contribution >= 4 is 17.7 Å². The van der Waals surface area contributed by atoms with Gasteiger partial charge in [0.25, 0.3) is 0 Å². The van der Waals surface area contributed by atoms with E-state index in [9.17, 15) is 14.4 Å². The highest BCUT2D eigenvalue weighted by atomic mass is 16.4. The zero-order valence-electron chi connectivity index (χ0n) is 10.3. The molecule has 0 fully saturated rings. The number of hydrogen-bond donors (Lipinski definition) is 2. The lowest BCUT2D eigenvalue weighted by Crippen LogP contribution is -2.06. The molecule has 1 aromatic carbocycles. The van der Waals surface area contributed by atoms with Crippen LogP contribution in [0.15, 0.2) is 30.3 Å². The van der Waals surface area contributed by atoms with Crippen LogP contribution in [0.2, 0.25) is 0 Å². The summed E-state index contributed by atoms with van der Waals surface area (Å²) in [5.74, 6) is -2.56. The second-order valence-corrected chi connectivity index (χ2v) is 3.74. The molecular formula is C13H16O5. The maximum Gasteiger partial charge on any atom is 0.310 e. The van der Waals surface area contributed by atoms with Gasteiger partial charge in [0.2, 0.25) is 0 Å². The van der Waals surface area contributed by atoms with Crippen molar-refractivity contribution in [3.8, 4) is 0 Å². The van der Waals surface area contributed by atoms with Gasteiger partial charge in [0.15, 0.2) is 0 Å². The Morgan fingerprint density at radius 2 is 1.61 bits per heavy atom. The molecule has 1 atom stereocenters. The van der Waals surface area contributed by atoms with Crippen molar-refractivity contribution < 1.29 is 24.6 Å². The molecule has 1 aromatic rings. The molecule has 0 saturated heterocycles. The first kappa shape index (κ1) is 15.8. The SMILES string of the molecule is CC(=O)CC(=O)O.CC(C(=O)O)c1ccccc1. The van der Waals surface area contributed by atoms with Crippen LogP contribution in [0.1, 0.15) is 31.7 Å². The van der Waals surface area contributed by atoms with Crippen molar-refractivity contribution in [1.82, 2.24) is 0 Å². The van der Waals surface area contributed by atoms with Gasteiger partial charge in [-0.05, 0) is 19.4 Å². The second kappa shape index (κ2) is 8.00. The quantitative estimate of drug-likeness (QED) is 0.799. The first-order valence-electron chi connectivity index (χ1n) is 5.33. The van der Waals surface area contributed by atoms with Crippen LogP contribution in [-0.2, 0) is 14.4 Å². The third-order valence-corrected chi connectivity index (χ3v) is 2.07. The highest BCUT2D eigenvalue weighted by Crippen LogP contribution is 2.13. The molecule has 0 aromatic heterocycles. The number of carboxylic acid groups (broad SMARTS) is 2. The van der Waals surface area contributed by atoms with Gasteiger partial charge in [-0.15, -0.1) is 0 Å². The average molecular weight is 252 g/mol. The summed E-state index contributed by atoms with van der Waals surface area (Å²) in [6.07, 6.45) is -0.361. The molecule has 0 aliphatic rings. The first-order valence-corrected chi connectivity index (χ1v) is 5.33. The lowest BCUT2D eigenvalue weighted by Gasteiger charge is -2.04. The van der Waals surface area contributed by atoms with Crippen LogP contribution in [0.25, 0.3) is 0 Å². The van der Waals surface area contributed by atoms with Crippen LogP contribution < -0.4 is 0 Å². The van der Waals surface area contributed by atoms with Crippen LogP contribution in [-0.4, -0.2) is 27.9 Å². The van der Waals surface area contributed by atoms with Crippen LogP contribution in [0.5, 0.6) is 0 Å². The molecule has 0 heterocycles. The summed E-state index contributed by atoms with van der Waals surface area (Å²) in [7, 11) is 0. The van der Waals surface area contributed by atoms with Gasteiger partial charge in [-0.25, -0.2) is 0 Å². The first-order chi connectivity index (χ1) is 8.34. The molecule has 5 nitrogen and oxygen atoms in total. The Morgan fingerprint density at radius 3 is 1.89 bits per heavy atom. The Morgan fingerprint density at radius 1 is 1.11 bits per heavy atom. The van der Waals surface area contributed by atoms with Crippen LogP contribution in [0.3, 0.4) is 0 Å². The number of aliphatic carboxylic acids is 2. The lowest BCUT2D eigenvalue weighted by atomic mass is 10.0. The van der Waals surface area contributed by atoms with Crippen molar-refractivity contribution in [3.05, 3.63) is 35.9 Å². The van der Waals surface area contributed by atoms with Crippen LogP contribution >= 0.6 is 0 Å². The molecule has 18 heavy (non-hydrogen) atoms. The molecule has 0 aliphatic carbocycles. The summed E-state index contributed by atoms with van der Waals surface area (Å²) in [5, 5.41) is 16.5. The number of carboxylic acids is 2. The van der Waals surface area contributed by atoms with Gasteiger partial charge >= 0.3 is 11.9 Å². The Bertz CT molecular complexity index is 399. The Kier molecular flexibility index (Phi) is 7.04. The zero-order valence-corrected chi connectivity index (χ0v) is 10.3. The lowest BCUT2D eigenvalue weighted by molar-refractivity contribution is -0.140. The van der Waals surface area contributed by atoms with Crippen molar-refractivity contribution in [2.24, 2.45) is 0 Å². The van der Waals surface area contributed by atoms with Gasteiger partial charge in [0.1, 0.15) is 12.2 Å². The van der Waals surface area contributed by atoms with Crippen LogP contribution in [0, 0.1) is 0 Å². The second-order valence-electron chi connectivity index (χ2n) is 3.74. The molecule has 5 heteroatoms. The van der Waals surface area contributed by atoms with Crippen molar-refractivity contribution in [2.75, 3.05) is 0 Å². The standard InChI is InChI=1S/C9H10O2.C4H6O3/c1-7(9(10)11)8-5-3-2-4-6-8;1-3(5)2-4(6)7/h2-7H,1H3,(H,10,11);2H2,1H3,(H,6,7). The van der Waals surface area contributed by atoms with E-state index in [1.807, 2.05) is 30.3 Å². The minimum Gasteiger partial charge on any atom is -0.481 e. The number of carbonyl (C=O) groups is 3. The van der Waals surface area contributed by atoms with Crippen LogP contribution in [0.4, 0.5) is 0 Å². The fourth-order valence-electron chi connectivity index (χ4n) is 1.10. The third-order valence-electron chi connectivity index (χ3n) is 2.07. The molecule has 0 saturated carbocycles. The van der Waals surface area contributed by atoms with Gasteiger partial charge in [-0.3, -0.25) is 14.4 Å². The van der Waals surface area contributed by atoms with Gasteiger partial charge in [0.05, 0.1) is 5.92 Å². The third kappa shape index (κ3) is 7.16. The summed E-state index contributed by atoms with van der Waals surface area (Å²) in [6, 6.07) is 9.19. The van der Waals surface area contributed by atoms with Gasteiger partial charge in [-0.1, -0.05) is 30.3 Å². The number of hydrogen-bond acceptors (Lipinski definition) is 3. The van der Waals surface area contributed by atoms with E-state index in [2.05, 4.69) is 0 Å². The van der Waals surface area contributed by atoms with E-state index in [1.54, 1.807) is 6.92 Å². The Labute approximate surface area is 105 Å². The minimum absolute atomic E-state index is 0.312. The molecular weight excluding hydrogens is 236 g/mol. The number of rotatable bonds is 4. The van der Waals surface area contributed by atoms with E-state index < -0.39 is 17.9 Å². The molecule has 0 bridgehead atoms. The summed E-state index contributed by atoms with van der Waals surface area (Å²) >= 11 is 0.